The summed E-state index contributed by atoms with van der Waals surface area (Å²) in [6, 6.07) is 0. The largest absolute Gasteiger partial charge is 0.458 e. The normalized spacial score (nSPS) is 38.2. The van der Waals surface area contributed by atoms with E-state index in [1.54, 1.807) is 20.8 Å². The average Bonchev–Trinajstić information content (AvgIpc) is 2.41. The van der Waals surface area contributed by atoms with Crippen LogP contribution in [-0.4, -0.2) is 62.7 Å². The van der Waals surface area contributed by atoms with Gasteiger partial charge in [-0.2, -0.15) is 0 Å². The van der Waals surface area contributed by atoms with Gasteiger partial charge in [-0.15, -0.1) is 0 Å². The number of ether oxygens (including phenoxy) is 2. The molecule has 7 heteroatoms. The molecule has 0 saturated carbocycles. The van der Waals surface area contributed by atoms with E-state index in [4.69, 9.17) is 9.84 Å². The number of carbonyl (C=O) groups is 1. The van der Waals surface area contributed by atoms with E-state index in [0.717, 1.165) is 0 Å². The molecule has 0 amide bonds. The van der Waals surface area contributed by atoms with Gasteiger partial charge in [0.1, 0.15) is 17.8 Å². The fourth-order valence-corrected chi connectivity index (χ4v) is 1.50. The Kier molecular flexibility index (Phi) is 3.80. The van der Waals surface area contributed by atoms with Gasteiger partial charge >= 0.3 is 5.97 Å². The minimum atomic E-state index is -2.58. The highest BCUT2D eigenvalue weighted by molar-refractivity contribution is 5.81. The van der Waals surface area contributed by atoms with Gasteiger partial charge < -0.3 is 29.9 Å². The smallest absolute Gasteiger partial charge is 0.347 e. The van der Waals surface area contributed by atoms with E-state index in [9.17, 15) is 20.1 Å². The van der Waals surface area contributed by atoms with Crippen molar-refractivity contribution >= 4 is 5.97 Å². The van der Waals surface area contributed by atoms with Crippen molar-refractivity contribution in [3.63, 3.8) is 0 Å². The van der Waals surface area contributed by atoms with Crippen LogP contribution in [0, 0.1) is 0 Å². The van der Waals surface area contributed by atoms with Crippen LogP contribution < -0.4 is 0 Å². The number of hydrogen-bond acceptors (Lipinski definition) is 7. The van der Waals surface area contributed by atoms with E-state index in [1.165, 1.54) is 0 Å². The predicted molar refractivity (Wildman–Crippen MR) is 54.8 cm³/mol. The van der Waals surface area contributed by atoms with Crippen molar-refractivity contribution in [2.45, 2.75) is 50.5 Å². The minimum Gasteiger partial charge on any atom is -0.458 e. The molecule has 1 saturated heterocycles. The van der Waals surface area contributed by atoms with E-state index in [2.05, 4.69) is 4.74 Å². The first kappa shape index (κ1) is 14.3. The van der Waals surface area contributed by atoms with Crippen molar-refractivity contribution in [3.8, 4) is 0 Å². The Labute approximate surface area is 98.6 Å². The zero-order chi connectivity index (χ0) is 13.4. The Bertz CT molecular complexity index is 298. The highest BCUT2D eigenvalue weighted by Crippen LogP contribution is 2.32. The molecule has 4 atom stereocenters. The minimum absolute atomic E-state index is 0.636. The van der Waals surface area contributed by atoms with E-state index in [0.29, 0.717) is 0 Å². The van der Waals surface area contributed by atoms with Gasteiger partial charge in [0.25, 0.3) is 0 Å². The van der Waals surface area contributed by atoms with Gasteiger partial charge in [-0.25, -0.2) is 4.79 Å². The molecule has 4 N–H and O–H groups in total. The zero-order valence-electron chi connectivity index (χ0n) is 9.95. The van der Waals surface area contributed by atoms with Gasteiger partial charge in [-0.05, 0) is 20.8 Å². The molecule has 1 fully saturated rings. The molecule has 0 aromatic carbocycles. The summed E-state index contributed by atoms with van der Waals surface area (Å²) < 4.78 is 9.57. The standard InChI is InChI=1S/C10H18O7/c1-9(2,3)17-8(14)10(15)6(12)5(4-11)16-7(10)13/h5-7,11-13,15H,4H2,1-3H3/t5-,6+,7?,10-/m1/s1. The van der Waals surface area contributed by atoms with Crippen LogP contribution in [0.3, 0.4) is 0 Å². The van der Waals surface area contributed by atoms with E-state index < -0.39 is 42.3 Å². The average molecular weight is 250 g/mol. The third-order valence-corrected chi connectivity index (χ3v) is 2.39. The highest BCUT2D eigenvalue weighted by atomic mass is 16.7. The summed E-state index contributed by atoms with van der Waals surface area (Å²) in [4.78, 5) is 11.7. The molecule has 17 heavy (non-hydrogen) atoms. The molecular weight excluding hydrogens is 232 g/mol. The van der Waals surface area contributed by atoms with Crippen LogP contribution in [0.25, 0.3) is 0 Å². The first-order chi connectivity index (χ1) is 7.63. The fraction of sp³-hybridized carbons (Fsp3) is 0.900. The quantitative estimate of drug-likeness (QED) is 0.424. The maximum atomic E-state index is 11.7. The first-order valence-corrected chi connectivity index (χ1v) is 5.21. The predicted octanol–water partition coefficient (Wildman–Crippen LogP) is -1.87. The molecule has 0 aromatic rings. The van der Waals surface area contributed by atoms with Crippen LogP contribution in [0.5, 0.6) is 0 Å². The lowest BCUT2D eigenvalue weighted by atomic mass is 9.95. The van der Waals surface area contributed by atoms with Crippen molar-refractivity contribution in [1.82, 2.24) is 0 Å². The summed E-state index contributed by atoms with van der Waals surface area (Å²) in [7, 11) is 0. The maximum Gasteiger partial charge on any atom is 0.347 e. The van der Waals surface area contributed by atoms with Gasteiger partial charge in [0, 0.05) is 0 Å². The van der Waals surface area contributed by atoms with Crippen molar-refractivity contribution < 1.29 is 34.7 Å². The summed E-state index contributed by atoms with van der Waals surface area (Å²) in [6.45, 7) is 4.09. The molecular formula is C10H18O7. The Morgan fingerprint density at radius 2 is 1.94 bits per heavy atom. The first-order valence-electron chi connectivity index (χ1n) is 5.21. The van der Waals surface area contributed by atoms with Gasteiger partial charge in [0.2, 0.25) is 5.60 Å². The molecule has 1 rings (SSSR count). The van der Waals surface area contributed by atoms with Gasteiger partial charge in [0.05, 0.1) is 6.61 Å². The van der Waals surface area contributed by atoms with Crippen molar-refractivity contribution in [2.24, 2.45) is 0 Å². The Balaban J connectivity index is 2.90. The van der Waals surface area contributed by atoms with Crippen LogP contribution in [-0.2, 0) is 14.3 Å². The lowest BCUT2D eigenvalue weighted by Crippen LogP contribution is -2.57. The SMILES string of the molecule is CC(C)(C)OC(=O)[C@]1(O)C(O)O[C@H](CO)[C@@H]1O. The molecule has 100 valence electrons. The second kappa shape index (κ2) is 4.51. The number of aliphatic hydroxyl groups is 4. The summed E-state index contributed by atoms with van der Waals surface area (Å²) >= 11 is 0. The van der Waals surface area contributed by atoms with E-state index in [-0.39, 0.29) is 0 Å². The lowest BCUT2D eigenvalue weighted by Gasteiger charge is -2.30. The van der Waals surface area contributed by atoms with E-state index >= 15 is 0 Å². The number of esters is 1. The summed E-state index contributed by atoms with van der Waals surface area (Å²) in [5, 5.41) is 37.9. The Morgan fingerprint density at radius 1 is 1.41 bits per heavy atom. The van der Waals surface area contributed by atoms with Gasteiger partial charge in [-0.1, -0.05) is 0 Å². The van der Waals surface area contributed by atoms with Gasteiger partial charge in [-0.3, -0.25) is 0 Å². The summed E-state index contributed by atoms with van der Waals surface area (Å²) in [5.74, 6) is -1.19. The molecule has 0 bridgehead atoms. The summed E-state index contributed by atoms with van der Waals surface area (Å²) in [6.07, 6.45) is -4.93. The number of hydrogen-bond donors (Lipinski definition) is 4. The Hall–Kier alpha value is -0.730. The Morgan fingerprint density at radius 3 is 2.29 bits per heavy atom. The molecule has 7 nitrogen and oxygen atoms in total. The van der Waals surface area contributed by atoms with Crippen molar-refractivity contribution in [1.29, 1.82) is 0 Å². The second-order valence-corrected chi connectivity index (χ2v) is 4.98. The van der Waals surface area contributed by atoms with Crippen molar-refractivity contribution in [2.75, 3.05) is 6.61 Å². The second-order valence-electron chi connectivity index (χ2n) is 4.98. The van der Waals surface area contributed by atoms with Crippen LogP contribution in [0.15, 0.2) is 0 Å². The van der Waals surface area contributed by atoms with E-state index in [1.807, 2.05) is 0 Å². The monoisotopic (exact) mass is 250 g/mol. The third-order valence-electron chi connectivity index (χ3n) is 2.39. The number of rotatable bonds is 2. The third kappa shape index (κ3) is 2.58. The molecule has 1 aliphatic heterocycles. The molecule has 0 aliphatic carbocycles. The molecule has 0 radical (unpaired) electrons. The molecule has 1 unspecified atom stereocenters. The molecule has 1 heterocycles. The molecule has 0 aromatic heterocycles. The zero-order valence-corrected chi connectivity index (χ0v) is 9.95. The van der Waals surface area contributed by atoms with Crippen molar-refractivity contribution in [3.05, 3.63) is 0 Å². The topological polar surface area (TPSA) is 116 Å². The van der Waals surface area contributed by atoms with Crippen LogP contribution >= 0.6 is 0 Å². The van der Waals surface area contributed by atoms with Crippen LogP contribution in [0.2, 0.25) is 0 Å². The van der Waals surface area contributed by atoms with Crippen LogP contribution in [0.1, 0.15) is 20.8 Å². The molecule has 1 aliphatic rings. The van der Waals surface area contributed by atoms with Gasteiger partial charge in [0.15, 0.2) is 6.29 Å². The highest BCUT2D eigenvalue weighted by Gasteiger charge is 2.61. The number of aliphatic hydroxyl groups excluding tert-OH is 3. The maximum absolute atomic E-state index is 11.7. The lowest BCUT2D eigenvalue weighted by molar-refractivity contribution is -0.214. The fourth-order valence-electron chi connectivity index (χ4n) is 1.50. The summed E-state index contributed by atoms with van der Waals surface area (Å²) in [5.41, 5.74) is -3.47. The number of carbonyl (C=O) groups excluding carboxylic acids is 1. The van der Waals surface area contributed by atoms with Crippen LogP contribution in [0.4, 0.5) is 0 Å². The molecule has 0 spiro atoms.